The SMILES string of the molecule is CCCOc1nc(N(CCO)CCOC)ccc1N. The van der Waals surface area contributed by atoms with Crippen LogP contribution in [0.2, 0.25) is 0 Å². The summed E-state index contributed by atoms with van der Waals surface area (Å²) in [7, 11) is 1.64. The van der Waals surface area contributed by atoms with Gasteiger partial charge in [0, 0.05) is 20.2 Å². The molecule has 0 fully saturated rings. The van der Waals surface area contributed by atoms with Crippen molar-refractivity contribution in [2.45, 2.75) is 13.3 Å². The second-order valence-corrected chi connectivity index (χ2v) is 4.12. The van der Waals surface area contributed by atoms with Crippen LogP contribution in [-0.4, -0.2) is 50.1 Å². The van der Waals surface area contributed by atoms with Gasteiger partial charge < -0.3 is 25.2 Å². The summed E-state index contributed by atoms with van der Waals surface area (Å²) in [5.41, 5.74) is 6.35. The summed E-state index contributed by atoms with van der Waals surface area (Å²) in [6.07, 6.45) is 0.898. The minimum absolute atomic E-state index is 0.0565. The number of nitrogens with zero attached hydrogens (tertiary/aromatic N) is 2. The van der Waals surface area contributed by atoms with E-state index >= 15 is 0 Å². The van der Waals surface area contributed by atoms with Gasteiger partial charge in [0.2, 0.25) is 5.88 Å². The Morgan fingerprint density at radius 1 is 1.32 bits per heavy atom. The summed E-state index contributed by atoms with van der Waals surface area (Å²) < 4.78 is 10.6. The summed E-state index contributed by atoms with van der Waals surface area (Å²) >= 11 is 0. The number of aromatic nitrogens is 1. The van der Waals surface area contributed by atoms with E-state index in [1.54, 1.807) is 13.2 Å². The van der Waals surface area contributed by atoms with Crippen molar-refractivity contribution in [3.05, 3.63) is 12.1 Å². The fraction of sp³-hybridized carbons (Fsp3) is 0.615. The molecule has 0 saturated heterocycles. The van der Waals surface area contributed by atoms with Gasteiger partial charge in [-0.3, -0.25) is 0 Å². The molecule has 0 atom stereocenters. The molecule has 0 aliphatic rings. The Labute approximate surface area is 114 Å². The molecule has 0 saturated carbocycles. The van der Waals surface area contributed by atoms with Crippen LogP contribution in [0.25, 0.3) is 0 Å². The van der Waals surface area contributed by atoms with Crippen LogP contribution in [0, 0.1) is 0 Å². The van der Waals surface area contributed by atoms with Crippen LogP contribution in [-0.2, 0) is 4.74 Å². The number of rotatable bonds is 9. The smallest absolute Gasteiger partial charge is 0.239 e. The number of aliphatic hydroxyl groups excluding tert-OH is 1. The summed E-state index contributed by atoms with van der Waals surface area (Å²) in [6.45, 7) is 4.38. The molecule has 0 aromatic carbocycles. The van der Waals surface area contributed by atoms with Crippen molar-refractivity contribution in [2.24, 2.45) is 0 Å². The van der Waals surface area contributed by atoms with Crippen LogP contribution in [0.5, 0.6) is 5.88 Å². The van der Waals surface area contributed by atoms with E-state index in [4.69, 9.17) is 20.3 Å². The first-order chi connectivity index (χ1) is 9.22. The van der Waals surface area contributed by atoms with Crippen LogP contribution in [0.1, 0.15) is 13.3 Å². The van der Waals surface area contributed by atoms with Crippen molar-refractivity contribution in [1.29, 1.82) is 0 Å². The van der Waals surface area contributed by atoms with Crippen LogP contribution in [0.3, 0.4) is 0 Å². The van der Waals surface area contributed by atoms with Crippen molar-refractivity contribution in [3.8, 4) is 5.88 Å². The quantitative estimate of drug-likeness (QED) is 0.693. The Morgan fingerprint density at radius 3 is 2.74 bits per heavy atom. The van der Waals surface area contributed by atoms with Gasteiger partial charge in [-0.2, -0.15) is 4.98 Å². The molecule has 1 rings (SSSR count). The minimum Gasteiger partial charge on any atom is -0.476 e. The lowest BCUT2D eigenvalue weighted by Gasteiger charge is -2.23. The van der Waals surface area contributed by atoms with Gasteiger partial charge in [-0.25, -0.2) is 0 Å². The molecule has 0 spiro atoms. The molecule has 0 aliphatic carbocycles. The summed E-state index contributed by atoms with van der Waals surface area (Å²) in [4.78, 5) is 6.33. The number of methoxy groups -OCH3 is 1. The van der Waals surface area contributed by atoms with E-state index in [1.807, 2.05) is 17.9 Å². The molecular weight excluding hydrogens is 246 g/mol. The van der Waals surface area contributed by atoms with Crippen molar-refractivity contribution < 1.29 is 14.6 Å². The second kappa shape index (κ2) is 8.55. The zero-order valence-corrected chi connectivity index (χ0v) is 11.6. The third kappa shape index (κ3) is 4.92. The Morgan fingerprint density at radius 2 is 2.11 bits per heavy atom. The Balaban J connectivity index is 2.83. The average Bonchev–Trinajstić information content (AvgIpc) is 2.43. The molecule has 0 unspecified atom stereocenters. The number of hydrogen-bond acceptors (Lipinski definition) is 6. The molecule has 6 heteroatoms. The van der Waals surface area contributed by atoms with E-state index in [-0.39, 0.29) is 6.61 Å². The van der Waals surface area contributed by atoms with Gasteiger partial charge in [0.25, 0.3) is 0 Å². The van der Waals surface area contributed by atoms with Crippen molar-refractivity contribution in [1.82, 2.24) is 4.98 Å². The van der Waals surface area contributed by atoms with Gasteiger partial charge in [0.05, 0.1) is 25.5 Å². The van der Waals surface area contributed by atoms with Crippen LogP contribution in [0.4, 0.5) is 11.5 Å². The predicted octanol–water partition coefficient (Wildman–Crippen LogP) is 0.898. The number of ether oxygens (including phenoxy) is 2. The monoisotopic (exact) mass is 269 g/mol. The highest BCUT2D eigenvalue weighted by molar-refractivity contribution is 5.54. The maximum Gasteiger partial charge on any atom is 0.239 e. The first-order valence-electron chi connectivity index (χ1n) is 6.47. The standard InChI is InChI=1S/C13H23N3O3/c1-3-9-19-13-11(14)4-5-12(15-13)16(6-8-17)7-10-18-2/h4-5,17H,3,6-10,14H2,1-2H3. The molecule has 3 N–H and O–H groups in total. The van der Waals surface area contributed by atoms with Gasteiger partial charge in [-0.05, 0) is 18.6 Å². The summed E-state index contributed by atoms with van der Waals surface area (Å²) in [6, 6.07) is 3.59. The largest absolute Gasteiger partial charge is 0.476 e. The fourth-order valence-corrected chi connectivity index (χ4v) is 1.60. The maximum atomic E-state index is 9.10. The molecule has 0 amide bonds. The zero-order chi connectivity index (χ0) is 14.1. The Hall–Kier alpha value is -1.53. The number of hydrogen-bond donors (Lipinski definition) is 2. The molecular formula is C13H23N3O3. The van der Waals surface area contributed by atoms with Crippen LogP contribution >= 0.6 is 0 Å². The van der Waals surface area contributed by atoms with Crippen LogP contribution < -0.4 is 15.4 Å². The molecule has 1 heterocycles. The Bertz CT molecular complexity index is 374. The number of anilines is 2. The highest BCUT2D eigenvalue weighted by Crippen LogP contribution is 2.23. The van der Waals surface area contributed by atoms with Gasteiger partial charge in [-0.15, -0.1) is 0 Å². The zero-order valence-electron chi connectivity index (χ0n) is 11.6. The lowest BCUT2D eigenvalue weighted by Crippen LogP contribution is -2.31. The molecule has 0 aliphatic heterocycles. The normalized spacial score (nSPS) is 10.5. The maximum absolute atomic E-state index is 9.10. The first kappa shape index (κ1) is 15.5. The second-order valence-electron chi connectivity index (χ2n) is 4.12. The van der Waals surface area contributed by atoms with E-state index in [1.165, 1.54) is 0 Å². The van der Waals surface area contributed by atoms with E-state index in [9.17, 15) is 0 Å². The average molecular weight is 269 g/mol. The summed E-state index contributed by atoms with van der Waals surface area (Å²) in [5.74, 6) is 1.17. The van der Waals surface area contributed by atoms with E-state index in [0.29, 0.717) is 37.9 Å². The third-order valence-electron chi connectivity index (χ3n) is 2.58. The lowest BCUT2D eigenvalue weighted by atomic mass is 10.3. The molecule has 0 radical (unpaired) electrons. The molecule has 0 bridgehead atoms. The topological polar surface area (TPSA) is 80.8 Å². The number of pyridine rings is 1. The summed E-state index contributed by atoms with van der Waals surface area (Å²) in [5, 5.41) is 9.10. The highest BCUT2D eigenvalue weighted by Gasteiger charge is 2.10. The van der Waals surface area contributed by atoms with Gasteiger partial charge in [0.1, 0.15) is 5.82 Å². The van der Waals surface area contributed by atoms with Crippen LogP contribution in [0.15, 0.2) is 12.1 Å². The van der Waals surface area contributed by atoms with E-state index in [0.717, 1.165) is 12.2 Å². The molecule has 6 nitrogen and oxygen atoms in total. The predicted molar refractivity (Wildman–Crippen MR) is 75.6 cm³/mol. The molecule has 19 heavy (non-hydrogen) atoms. The van der Waals surface area contributed by atoms with E-state index < -0.39 is 0 Å². The van der Waals surface area contributed by atoms with E-state index in [2.05, 4.69) is 4.98 Å². The number of nitrogens with two attached hydrogens (primary N) is 1. The number of aliphatic hydroxyl groups is 1. The molecule has 108 valence electrons. The molecule has 1 aromatic heterocycles. The first-order valence-corrected chi connectivity index (χ1v) is 6.47. The van der Waals surface area contributed by atoms with Gasteiger partial charge in [0.15, 0.2) is 0 Å². The van der Waals surface area contributed by atoms with Gasteiger partial charge >= 0.3 is 0 Å². The van der Waals surface area contributed by atoms with Crippen molar-refractivity contribution in [2.75, 3.05) is 50.7 Å². The van der Waals surface area contributed by atoms with Crippen molar-refractivity contribution in [3.63, 3.8) is 0 Å². The van der Waals surface area contributed by atoms with Crippen molar-refractivity contribution >= 4 is 11.5 Å². The highest BCUT2D eigenvalue weighted by atomic mass is 16.5. The lowest BCUT2D eigenvalue weighted by molar-refractivity contribution is 0.202. The Kier molecular flexibility index (Phi) is 6.99. The molecule has 1 aromatic rings. The third-order valence-corrected chi connectivity index (χ3v) is 2.58. The fourth-order valence-electron chi connectivity index (χ4n) is 1.60. The van der Waals surface area contributed by atoms with Gasteiger partial charge in [-0.1, -0.05) is 6.92 Å². The minimum atomic E-state index is 0.0565. The number of nitrogen functional groups attached to an aromatic ring is 1.